The first kappa shape index (κ1) is 26.4. The van der Waals surface area contributed by atoms with Crippen molar-refractivity contribution in [3.63, 3.8) is 0 Å². The van der Waals surface area contributed by atoms with Gasteiger partial charge in [-0.15, -0.1) is 5.10 Å². The summed E-state index contributed by atoms with van der Waals surface area (Å²) in [5.41, 5.74) is -2.56. The van der Waals surface area contributed by atoms with Crippen LogP contribution in [0, 0.1) is 18.6 Å². The third kappa shape index (κ3) is 5.06. The number of ether oxygens (including phenoxy) is 1. The molecule has 3 aromatic rings. The zero-order valence-corrected chi connectivity index (χ0v) is 18.8. The quantitative estimate of drug-likeness (QED) is 0.422. The van der Waals surface area contributed by atoms with E-state index in [1.165, 1.54) is 26.0 Å². The minimum atomic E-state index is -3.35. The van der Waals surface area contributed by atoms with Gasteiger partial charge >= 0.3 is 11.7 Å². The number of halogens is 5. The van der Waals surface area contributed by atoms with Crippen molar-refractivity contribution in [2.45, 2.75) is 32.9 Å². The molecule has 1 aromatic heterocycles. The summed E-state index contributed by atoms with van der Waals surface area (Å²) in [6.45, 7) is 1.05. The predicted molar refractivity (Wildman–Crippen MR) is 116 cm³/mol. The molecule has 3 rings (SSSR count). The second-order valence-electron chi connectivity index (χ2n) is 7.40. The van der Waals surface area contributed by atoms with Gasteiger partial charge < -0.3 is 15.2 Å². The number of aryl methyl sites for hydroxylation is 1. The molecule has 2 aromatic carbocycles. The molecule has 0 bridgehead atoms. The number of carboxylic acid groups (broad SMARTS) is 1. The first-order valence-corrected chi connectivity index (χ1v) is 10.3. The van der Waals surface area contributed by atoms with Gasteiger partial charge in [-0.05, 0) is 31.5 Å². The highest BCUT2D eigenvalue weighted by molar-refractivity contribution is 6.06. The molecule has 0 aliphatic rings. The summed E-state index contributed by atoms with van der Waals surface area (Å²) in [5.74, 6) is -6.45. The van der Waals surface area contributed by atoms with Crippen molar-refractivity contribution in [2.24, 2.45) is 0 Å². The monoisotopic (exact) mass is 514 g/mol. The highest BCUT2D eigenvalue weighted by Crippen LogP contribution is 2.29. The minimum Gasteiger partial charge on any atom is -0.481 e. The third-order valence-corrected chi connectivity index (χ3v) is 5.06. The number of para-hydroxylation sites is 1. The summed E-state index contributed by atoms with van der Waals surface area (Å²) in [6, 6.07) is 5.00. The van der Waals surface area contributed by atoms with Crippen molar-refractivity contribution in [1.29, 1.82) is 0 Å². The van der Waals surface area contributed by atoms with E-state index in [9.17, 15) is 37.1 Å². The Morgan fingerprint density at radius 2 is 1.89 bits per heavy atom. The minimum absolute atomic E-state index is 0.150. The first-order valence-electron chi connectivity index (χ1n) is 10.3. The van der Waals surface area contributed by atoms with E-state index in [1.54, 1.807) is 0 Å². The molecule has 0 aliphatic heterocycles. The Bertz CT molecular complexity index is 1350. The normalized spacial score (nSPS) is 12.0. The summed E-state index contributed by atoms with van der Waals surface area (Å²) >= 11 is 0. The Morgan fingerprint density at radius 3 is 2.42 bits per heavy atom. The molecule has 1 heterocycles. The highest BCUT2D eigenvalue weighted by atomic mass is 19.3. The van der Waals surface area contributed by atoms with Crippen molar-refractivity contribution in [2.75, 3.05) is 12.0 Å². The maximum atomic E-state index is 15.1. The van der Waals surface area contributed by atoms with E-state index in [1.807, 2.05) is 0 Å². The molecule has 36 heavy (non-hydrogen) atoms. The topological polar surface area (TPSA) is 115 Å². The van der Waals surface area contributed by atoms with Crippen LogP contribution in [0.4, 0.5) is 27.6 Å². The fourth-order valence-corrected chi connectivity index (χ4v) is 3.26. The van der Waals surface area contributed by atoms with E-state index in [-0.39, 0.29) is 17.8 Å². The van der Waals surface area contributed by atoms with Crippen LogP contribution in [0.3, 0.4) is 0 Å². The molecule has 9 nitrogen and oxygen atoms in total. The molecule has 0 aliphatic carbocycles. The van der Waals surface area contributed by atoms with Crippen LogP contribution in [-0.4, -0.2) is 50.5 Å². The first-order chi connectivity index (χ1) is 17.0. The number of aromatic carboxylic acids is 1. The Balaban J connectivity index is 2.18. The molecule has 0 unspecified atom stereocenters. The smallest absolute Gasteiger partial charge is 0.374 e. The second kappa shape index (κ2) is 10.6. The highest BCUT2D eigenvalue weighted by Gasteiger charge is 2.28. The van der Waals surface area contributed by atoms with Crippen LogP contribution in [0.2, 0.25) is 0 Å². The molecule has 0 saturated heterocycles. The Hall–Kier alpha value is -4.23. The summed E-state index contributed by atoms with van der Waals surface area (Å²) in [7, 11) is 0. The van der Waals surface area contributed by atoms with E-state index in [4.69, 9.17) is 4.74 Å². The molecule has 2 N–H and O–H groups in total. The summed E-state index contributed by atoms with van der Waals surface area (Å²) in [6.07, 6.45) is -5.72. The number of nitrogens with one attached hydrogen (secondary N) is 1. The van der Waals surface area contributed by atoms with Gasteiger partial charge in [-0.25, -0.2) is 31.5 Å². The van der Waals surface area contributed by atoms with Crippen LogP contribution in [0.1, 0.15) is 33.5 Å². The average Bonchev–Trinajstić information content (AvgIpc) is 3.16. The van der Waals surface area contributed by atoms with Gasteiger partial charge in [0, 0.05) is 12.6 Å². The number of carbonyl (C=O) groups excluding carboxylic acids is 1. The number of rotatable bonds is 9. The number of benzene rings is 2. The van der Waals surface area contributed by atoms with Gasteiger partial charge in [-0.2, -0.15) is 4.68 Å². The van der Waals surface area contributed by atoms with Crippen molar-refractivity contribution >= 4 is 17.6 Å². The van der Waals surface area contributed by atoms with Crippen LogP contribution >= 0.6 is 0 Å². The number of amides is 1. The Kier molecular flexibility index (Phi) is 7.75. The number of alkyl halides is 3. The fraction of sp³-hybridized carbons (Fsp3) is 0.273. The van der Waals surface area contributed by atoms with E-state index in [0.29, 0.717) is 21.4 Å². The number of hydrogen-bond acceptors (Lipinski definition) is 5. The van der Waals surface area contributed by atoms with Crippen molar-refractivity contribution < 1.29 is 41.4 Å². The zero-order chi connectivity index (χ0) is 26.7. The maximum absolute atomic E-state index is 15.1. The molecule has 0 radical (unpaired) electrons. The van der Waals surface area contributed by atoms with Crippen molar-refractivity contribution in [1.82, 2.24) is 14.3 Å². The van der Waals surface area contributed by atoms with Gasteiger partial charge in [-0.1, -0.05) is 12.1 Å². The lowest BCUT2D eigenvalue weighted by Crippen LogP contribution is -2.29. The lowest BCUT2D eigenvalue weighted by atomic mass is 10.1. The molecule has 14 heteroatoms. The largest absolute Gasteiger partial charge is 0.481 e. The zero-order valence-electron chi connectivity index (χ0n) is 18.8. The predicted octanol–water partition coefficient (Wildman–Crippen LogP) is 3.57. The van der Waals surface area contributed by atoms with Gasteiger partial charge in [-0.3, -0.25) is 9.36 Å². The number of anilines is 1. The van der Waals surface area contributed by atoms with E-state index < -0.39 is 71.2 Å². The van der Waals surface area contributed by atoms with Gasteiger partial charge in [0.25, 0.3) is 12.3 Å². The molecule has 1 atom stereocenters. The molecule has 0 fully saturated rings. The molecule has 192 valence electrons. The Labute approximate surface area is 199 Å². The lowest BCUT2D eigenvalue weighted by Gasteiger charge is -2.19. The molecule has 0 saturated carbocycles. The summed E-state index contributed by atoms with van der Waals surface area (Å²) in [5, 5.41) is 15.0. The summed E-state index contributed by atoms with van der Waals surface area (Å²) in [4.78, 5) is 36.9. The van der Waals surface area contributed by atoms with Gasteiger partial charge in [0.1, 0.15) is 29.7 Å². The fourth-order valence-electron chi connectivity index (χ4n) is 3.26. The summed E-state index contributed by atoms with van der Waals surface area (Å²) < 4.78 is 74.8. The van der Waals surface area contributed by atoms with E-state index >= 15 is 4.39 Å². The van der Waals surface area contributed by atoms with E-state index in [2.05, 4.69) is 10.4 Å². The maximum Gasteiger partial charge on any atom is 0.374 e. The lowest BCUT2D eigenvalue weighted by molar-refractivity contribution is -0.00159. The van der Waals surface area contributed by atoms with Crippen LogP contribution in [0.15, 0.2) is 35.1 Å². The number of nitrogens with zero attached hydrogens (tertiary/aromatic N) is 3. The molecular weight excluding hydrogens is 495 g/mol. The number of hydrogen-bond donors (Lipinski definition) is 2. The van der Waals surface area contributed by atoms with E-state index in [0.717, 1.165) is 6.07 Å². The number of carbonyl (C=O) groups is 2. The molecular formula is C22H19F5N4O5. The van der Waals surface area contributed by atoms with Gasteiger partial charge in [0.15, 0.2) is 6.10 Å². The SMILES string of the molecule is CCn1c(C(=O)O)nn(-c2cc(O[C@@H](CF)C(F)F)c(C(=O)Nc3c(C)cccc3F)cc2F)c1=O. The van der Waals surface area contributed by atoms with Crippen molar-refractivity contribution in [3.05, 3.63) is 69.4 Å². The molecule has 1 amide bonds. The van der Waals surface area contributed by atoms with Crippen LogP contribution < -0.4 is 15.7 Å². The van der Waals surface area contributed by atoms with Gasteiger partial charge in [0.05, 0.1) is 11.3 Å². The standard InChI is InChI=1S/C22H19F5N4O5/c1-3-30-19(21(33)34)29-31(22(30)35)14-8-15(36-16(9-23)18(26)27)11(7-13(14)25)20(32)28-17-10(2)5-4-6-12(17)24/h4-8,16,18H,3,9H2,1-2H3,(H,28,32)(H,33,34)/t16-/m0/s1. The second-order valence-corrected chi connectivity index (χ2v) is 7.40. The van der Waals surface area contributed by atoms with Crippen molar-refractivity contribution in [3.8, 4) is 11.4 Å². The van der Waals surface area contributed by atoms with Crippen LogP contribution in [-0.2, 0) is 6.54 Å². The number of aromatic nitrogens is 3. The number of carboxylic acids is 1. The Morgan fingerprint density at radius 1 is 1.19 bits per heavy atom. The van der Waals surface area contributed by atoms with Gasteiger partial charge in [0.2, 0.25) is 5.82 Å². The molecule has 0 spiro atoms. The van der Waals surface area contributed by atoms with Crippen LogP contribution in [0.25, 0.3) is 5.69 Å². The van der Waals surface area contributed by atoms with Crippen LogP contribution in [0.5, 0.6) is 5.75 Å². The average molecular weight is 514 g/mol. The third-order valence-electron chi connectivity index (χ3n) is 5.06.